The molecule has 0 radical (unpaired) electrons. The number of amides is 1. The van der Waals surface area contributed by atoms with E-state index in [1.54, 1.807) is 0 Å². The van der Waals surface area contributed by atoms with Gasteiger partial charge in [-0.3, -0.25) is 4.79 Å². The average molecular weight is 308 g/mol. The molecule has 1 heterocycles. The van der Waals surface area contributed by atoms with Gasteiger partial charge >= 0.3 is 0 Å². The number of rotatable bonds is 3. The van der Waals surface area contributed by atoms with Crippen LogP contribution in [0.3, 0.4) is 0 Å². The summed E-state index contributed by atoms with van der Waals surface area (Å²) >= 11 is 0. The molecular weight excluding hydrogens is 284 g/mol. The van der Waals surface area contributed by atoms with Gasteiger partial charge in [0.05, 0.1) is 11.3 Å². The number of benzene rings is 2. The molecule has 0 saturated heterocycles. The highest BCUT2D eigenvalue weighted by atomic mass is 16.1. The van der Waals surface area contributed by atoms with E-state index in [1.165, 1.54) is 11.1 Å². The van der Waals surface area contributed by atoms with Crippen LogP contribution in [0.15, 0.2) is 36.4 Å². The van der Waals surface area contributed by atoms with E-state index < -0.39 is 0 Å². The van der Waals surface area contributed by atoms with Crippen molar-refractivity contribution in [2.45, 2.75) is 39.7 Å². The van der Waals surface area contributed by atoms with Crippen molar-refractivity contribution in [2.24, 2.45) is 0 Å². The first kappa shape index (κ1) is 15.6. The summed E-state index contributed by atoms with van der Waals surface area (Å²) in [6.45, 7) is 7.84. The van der Waals surface area contributed by atoms with Crippen molar-refractivity contribution >= 4 is 11.6 Å². The van der Waals surface area contributed by atoms with Crippen molar-refractivity contribution in [3.8, 4) is 0 Å². The van der Waals surface area contributed by atoms with Gasteiger partial charge in [-0.15, -0.1) is 0 Å². The molecule has 23 heavy (non-hydrogen) atoms. The van der Waals surface area contributed by atoms with Gasteiger partial charge in [-0.2, -0.15) is 0 Å². The molecule has 2 aromatic rings. The van der Waals surface area contributed by atoms with Gasteiger partial charge in [0, 0.05) is 13.1 Å². The van der Waals surface area contributed by atoms with Crippen LogP contribution in [-0.4, -0.2) is 12.5 Å². The molecule has 0 aliphatic carbocycles. The van der Waals surface area contributed by atoms with Crippen LogP contribution in [0, 0.1) is 13.8 Å². The van der Waals surface area contributed by atoms with E-state index in [0.717, 1.165) is 35.3 Å². The van der Waals surface area contributed by atoms with Gasteiger partial charge < -0.3 is 10.6 Å². The normalized spacial score (nSPS) is 16.4. The number of fused-ring (bicyclic) bond motifs is 1. The van der Waals surface area contributed by atoms with Crippen molar-refractivity contribution < 1.29 is 4.79 Å². The molecule has 1 amide bonds. The Hall–Kier alpha value is -2.29. The molecule has 2 aromatic carbocycles. The quantitative estimate of drug-likeness (QED) is 0.894. The first-order chi connectivity index (χ1) is 11.1. The van der Waals surface area contributed by atoms with E-state index in [0.29, 0.717) is 12.5 Å². The zero-order valence-corrected chi connectivity index (χ0v) is 14.1. The van der Waals surface area contributed by atoms with Gasteiger partial charge in [0.15, 0.2) is 0 Å². The Balaban J connectivity index is 1.84. The zero-order valence-electron chi connectivity index (χ0n) is 14.1. The van der Waals surface area contributed by atoms with Crippen LogP contribution in [0.4, 0.5) is 5.69 Å². The molecule has 3 heteroatoms. The number of carbonyl (C=O) groups is 1. The molecule has 120 valence electrons. The van der Waals surface area contributed by atoms with Crippen LogP contribution < -0.4 is 10.6 Å². The molecule has 3 nitrogen and oxygen atoms in total. The molecule has 0 fully saturated rings. The van der Waals surface area contributed by atoms with E-state index in [4.69, 9.17) is 0 Å². The monoisotopic (exact) mass is 308 g/mol. The summed E-state index contributed by atoms with van der Waals surface area (Å²) in [6.07, 6.45) is 1.11. The van der Waals surface area contributed by atoms with Gasteiger partial charge in [-0.25, -0.2) is 0 Å². The summed E-state index contributed by atoms with van der Waals surface area (Å²) in [4.78, 5) is 12.7. The topological polar surface area (TPSA) is 41.1 Å². The van der Waals surface area contributed by atoms with Crippen molar-refractivity contribution in [2.75, 3.05) is 11.9 Å². The molecule has 3 rings (SSSR count). The second kappa shape index (κ2) is 6.45. The van der Waals surface area contributed by atoms with Crippen molar-refractivity contribution in [1.29, 1.82) is 0 Å². The summed E-state index contributed by atoms with van der Waals surface area (Å²) < 4.78 is 0. The number of nitrogens with one attached hydrogen (secondary N) is 2. The lowest BCUT2D eigenvalue weighted by Crippen LogP contribution is -2.26. The minimum absolute atomic E-state index is 0.00481. The van der Waals surface area contributed by atoms with Crippen LogP contribution in [0.1, 0.15) is 51.9 Å². The standard InChI is InChI=1S/C20H24N2O/c1-13-10-17-15(3)8-9-21-19(17)18(11-13)20(23)22-12-16-7-5-4-6-14(16)2/h4-7,10-11,15,21H,8-9,12H2,1-3H3,(H,22,23). The second-order valence-electron chi connectivity index (χ2n) is 6.50. The Bertz CT molecular complexity index is 736. The van der Waals surface area contributed by atoms with E-state index in [2.05, 4.69) is 49.6 Å². The Morgan fingerprint density at radius 3 is 2.83 bits per heavy atom. The Morgan fingerprint density at radius 1 is 1.26 bits per heavy atom. The van der Waals surface area contributed by atoms with Crippen molar-refractivity contribution in [1.82, 2.24) is 5.32 Å². The molecule has 1 unspecified atom stereocenters. The van der Waals surface area contributed by atoms with Crippen LogP contribution in [0.5, 0.6) is 0 Å². The number of carbonyl (C=O) groups excluding carboxylic acids is 1. The molecule has 0 saturated carbocycles. The molecule has 1 atom stereocenters. The molecular formula is C20H24N2O. The molecule has 2 N–H and O–H groups in total. The second-order valence-corrected chi connectivity index (χ2v) is 6.50. The first-order valence-corrected chi connectivity index (χ1v) is 8.27. The summed E-state index contributed by atoms with van der Waals surface area (Å²) in [5.41, 5.74) is 6.53. The fourth-order valence-corrected chi connectivity index (χ4v) is 3.23. The number of hydrogen-bond acceptors (Lipinski definition) is 2. The third-order valence-corrected chi connectivity index (χ3v) is 4.67. The van der Waals surface area contributed by atoms with Gasteiger partial charge in [-0.1, -0.05) is 37.3 Å². The third-order valence-electron chi connectivity index (χ3n) is 4.67. The molecule has 0 aromatic heterocycles. The Morgan fingerprint density at radius 2 is 2.04 bits per heavy atom. The molecule has 1 aliphatic heterocycles. The van der Waals surface area contributed by atoms with Gasteiger partial charge in [-0.05, 0) is 54.5 Å². The SMILES string of the molecule is Cc1cc(C(=O)NCc2ccccc2C)c2c(c1)C(C)CCN2. The number of hydrogen-bond donors (Lipinski definition) is 2. The van der Waals surface area contributed by atoms with Crippen LogP contribution >= 0.6 is 0 Å². The van der Waals surface area contributed by atoms with Crippen molar-refractivity contribution in [3.05, 3.63) is 64.2 Å². The van der Waals surface area contributed by atoms with Gasteiger partial charge in [0.1, 0.15) is 0 Å². The van der Waals surface area contributed by atoms with E-state index in [1.807, 2.05) is 18.2 Å². The lowest BCUT2D eigenvalue weighted by atomic mass is 9.89. The smallest absolute Gasteiger partial charge is 0.253 e. The highest BCUT2D eigenvalue weighted by molar-refractivity contribution is 6.00. The maximum atomic E-state index is 12.7. The zero-order chi connectivity index (χ0) is 16.4. The summed E-state index contributed by atoms with van der Waals surface area (Å²) in [7, 11) is 0. The van der Waals surface area contributed by atoms with Gasteiger partial charge in [0.2, 0.25) is 0 Å². The van der Waals surface area contributed by atoms with E-state index in [9.17, 15) is 4.79 Å². The van der Waals surface area contributed by atoms with Crippen LogP contribution in [0.2, 0.25) is 0 Å². The maximum absolute atomic E-state index is 12.7. The first-order valence-electron chi connectivity index (χ1n) is 8.27. The highest BCUT2D eigenvalue weighted by Crippen LogP contribution is 2.34. The third kappa shape index (κ3) is 3.24. The number of anilines is 1. The molecule has 0 spiro atoms. The van der Waals surface area contributed by atoms with E-state index in [-0.39, 0.29) is 5.91 Å². The van der Waals surface area contributed by atoms with E-state index >= 15 is 0 Å². The molecule has 0 bridgehead atoms. The maximum Gasteiger partial charge on any atom is 0.253 e. The fourth-order valence-electron chi connectivity index (χ4n) is 3.23. The summed E-state index contributed by atoms with van der Waals surface area (Å²) in [6, 6.07) is 12.3. The predicted molar refractivity (Wildman–Crippen MR) is 95.0 cm³/mol. The molecule has 1 aliphatic rings. The number of aryl methyl sites for hydroxylation is 2. The Labute approximate surface area is 138 Å². The average Bonchev–Trinajstić information content (AvgIpc) is 2.54. The van der Waals surface area contributed by atoms with Crippen LogP contribution in [-0.2, 0) is 6.54 Å². The van der Waals surface area contributed by atoms with Crippen LogP contribution in [0.25, 0.3) is 0 Å². The lowest BCUT2D eigenvalue weighted by molar-refractivity contribution is 0.0951. The summed E-state index contributed by atoms with van der Waals surface area (Å²) in [5.74, 6) is 0.490. The van der Waals surface area contributed by atoms with Gasteiger partial charge in [0.25, 0.3) is 5.91 Å². The highest BCUT2D eigenvalue weighted by Gasteiger charge is 2.22. The minimum Gasteiger partial charge on any atom is -0.384 e. The Kier molecular flexibility index (Phi) is 4.37. The lowest BCUT2D eigenvalue weighted by Gasteiger charge is -2.26. The summed E-state index contributed by atoms with van der Waals surface area (Å²) in [5, 5.41) is 6.49. The minimum atomic E-state index is -0.00481. The van der Waals surface area contributed by atoms with Crippen molar-refractivity contribution in [3.63, 3.8) is 0 Å². The predicted octanol–water partition coefficient (Wildman–Crippen LogP) is 4.15. The largest absolute Gasteiger partial charge is 0.384 e. The fraction of sp³-hybridized carbons (Fsp3) is 0.350.